The molecular formula is C32H33N3O2. The third-order valence-corrected chi connectivity index (χ3v) is 8.90. The number of nitrogens with zero attached hydrogens (tertiary/aromatic N) is 2. The van der Waals surface area contributed by atoms with Gasteiger partial charge in [-0.3, -0.25) is 14.5 Å². The topological polar surface area (TPSA) is 52.7 Å². The number of anilines is 1. The van der Waals surface area contributed by atoms with Crippen LogP contribution in [0.5, 0.6) is 0 Å². The smallest absolute Gasteiger partial charge is 0.250 e. The Morgan fingerprint density at radius 1 is 0.892 bits per heavy atom. The number of carbonyl (C=O) groups excluding carboxylic acids is 2. The zero-order chi connectivity index (χ0) is 25.9. The van der Waals surface area contributed by atoms with Crippen LogP contribution in [0.25, 0.3) is 6.08 Å². The Morgan fingerprint density at radius 2 is 1.57 bits per heavy atom. The SMILES string of the molecule is Cc1ccccc1/C=C1\CN(C)C[C@@]2(C1=O)[C@@H](c1ccccc1C)CN(C)[C@@]21C(=O)Nc2ccccc21. The number of hydrogen-bond acceptors (Lipinski definition) is 4. The van der Waals surface area contributed by atoms with Gasteiger partial charge < -0.3 is 10.2 Å². The van der Waals surface area contributed by atoms with Crippen LogP contribution in [0.4, 0.5) is 5.69 Å². The lowest BCUT2D eigenvalue weighted by molar-refractivity contribution is -0.146. The molecule has 3 aromatic carbocycles. The van der Waals surface area contributed by atoms with Crippen molar-refractivity contribution < 1.29 is 9.59 Å². The molecule has 0 unspecified atom stereocenters. The lowest BCUT2D eigenvalue weighted by atomic mass is 9.56. The van der Waals surface area contributed by atoms with E-state index in [2.05, 4.69) is 66.4 Å². The Kier molecular flexibility index (Phi) is 5.48. The molecule has 3 heterocycles. The highest BCUT2D eigenvalue weighted by Gasteiger charge is 2.74. The number of para-hydroxylation sites is 1. The largest absolute Gasteiger partial charge is 0.324 e. The molecule has 0 bridgehead atoms. The fraction of sp³-hybridized carbons (Fsp3) is 0.312. The molecule has 0 aromatic heterocycles. The van der Waals surface area contributed by atoms with Gasteiger partial charge in [0, 0.05) is 42.4 Å². The van der Waals surface area contributed by atoms with Crippen LogP contribution in [-0.2, 0) is 15.1 Å². The van der Waals surface area contributed by atoms with Crippen LogP contribution in [0.15, 0.2) is 78.4 Å². The predicted molar refractivity (Wildman–Crippen MR) is 147 cm³/mol. The van der Waals surface area contributed by atoms with Gasteiger partial charge in [0.15, 0.2) is 5.78 Å². The third-order valence-electron chi connectivity index (χ3n) is 8.90. The van der Waals surface area contributed by atoms with E-state index >= 15 is 4.79 Å². The summed E-state index contributed by atoms with van der Waals surface area (Å²) in [5, 5.41) is 3.16. The molecule has 188 valence electrons. The Balaban J connectivity index is 1.65. The number of hydrogen-bond donors (Lipinski definition) is 1. The Hall–Kier alpha value is -3.54. The molecule has 5 heteroatoms. The van der Waals surface area contributed by atoms with E-state index in [0.717, 1.165) is 39.1 Å². The van der Waals surface area contributed by atoms with Gasteiger partial charge in [-0.15, -0.1) is 0 Å². The summed E-state index contributed by atoms with van der Waals surface area (Å²) in [6, 6.07) is 24.4. The van der Waals surface area contributed by atoms with E-state index in [1.807, 2.05) is 55.6 Å². The molecule has 2 fully saturated rings. The standard InChI is InChI=1S/C32H33N3O2/c1-21-11-5-7-13-23(21)17-24-18-34(3)20-31(29(24)36)27(25-14-8-6-12-22(25)2)19-35(4)32(31)26-15-9-10-16-28(26)33-30(32)37/h5-17,27H,18-20H2,1-4H3,(H,33,37)/b24-17+/t27-,31+,32+/m1/s1. The van der Waals surface area contributed by atoms with E-state index in [9.17, 15) is 4.79 Å². The van der Waals surface area contributed by atoms with Gasteiger partial charge in [-0.25, -0.2) is 0 Å². The zero-order valence-electron chi connectivity index (χ0n) is 21.9. The fourth-order valence-corrected chi connectivity index (χ4v) is 7.36. The van der Waals surface area contributed by atoms with Crippen molar-refractivity contribution in [2.45, 2.75) is 25.3 Å². The van der Waals surface area contributed by atoms with Crippen LogP contribution in [0, 0.1) is 19.3 Å². The first kappa shape index (κ1) is 23.8. The number of fused-ring (bicyclic) bond motifs is 3. The number of likely N-dealkylation sites (tertiary alicyclic amines) is 2. The lowest BCUT2D eigenvalue weighted by Gasteiger charge is -2.50. The normalized spacial score (nSPS) is 28.9. The minimum Gasteiger partial charge on any atom is -0.324 e. The van der Waals surface area contributed by atoms with Crippen molar-refractivity contribution in [3.05, 3.63) is 106 Å². The van der Waals surface area contributed by atoms with Crippen LogP contribution in [0.2, 0.25) is 0 Å². The number of benzene rings is 3. The molecule has 1 N–H and O–H groups in total. The van der Waals surface area contributed by atoms with Gasteiger partial charge in [0.1, 0.15) is 5.54 Å². The molecule has 0 radical (unpaired) electrons. The van der Waals surface area contributed by atoms with Crippen LogP contribution in [-0.4, -0.2) is 55.2 Å². The number of Topliss-reactive ketones (excluding diaryl/α,β-unsaturated/α-hetero) is 1. The fourth-order valence-electron chi connectivity index (χ4n) is 7.36. The summed E-state index contributed by atoms with van der Waals surface area (Å²) in [7, 11) is 4.08. The number of piperidine rings is 1. The highest BCUT2D eigenvalue weighted by atomic mass is 16.2. The van der Waals surface area contributed by atoms with Crippen LogP contribution in [0.1, 0.15) is 33.7 Å². The minimum atomic E-state index is -1.10. The number of nitrogens with one attached hydrogen (secondary N) is 1. The third kappa shape index (κ3) is 3.17. The van der Waals surface area contributed by atoms with Crippen LogP contribution >= 0.6 is 0 Å². The second-order valence-electron chi connectivity index (χ2n) is 11.0. The van der Waals surface area contributed by atoms with Crippen molar-refractivity contribution >= 4 is 23.5 Å². The van der Waals surface area contributed by atoms with Gasteiger partial charge in [0.25, 0.3) is 5.91 Å². The predicted octanol–water partition coefficient (Wildman–Crippen LogP) is 4.76. The summed E-state index contributed by atoms with van der Waals surface area (Å²) in [5.41, 5.74) is 4.82. The van der Waals surface area contributed by atoms with Crippen LogP contribution in [0.3, 0.4) is 0 Å². The molecule has 0 aliphatic carbocycles. The van der Waals surface area contributed by atoms with Gasteiger partial charge in [-0.05, 0) is 62.3 Å². The molecule has 5 nitrogen and oxygen atoms in total. The second-order valence-corrected chi connectivity index (χ2v) is 11.0. The van der Waals surface area contributed by atoms with Crippen molar-refractivity contribution in [3.63, 3.8) is 0 Å². The molecule has 2 spiro atoms. The van der Waals surface area contributed by atoms with Gasteiger partial charge >= 0.3 is 0 Å². The van der Waals surface area contributed by atoms with Gasteiger partial charge in [-0.1, -0.05) is 66.7 Å². The Bertz CT molecular complexity index is 1460. The molecular weight excluding hydrogens is 458 g/mol. The summed E-state index contributed by atoms with van der Waals surface area (Å²) in [4.78, 5) is 33.7. The van der Waals surface area contributed by atoms with Crippen molar-refractivity contribution in [1.29, 1.82) is 0 Å². The zero-order valence-corrected chi connectivity index (χ0v) is 21.9. The molecule has 6 rings (SSSR count). The minimum absolute atomic E-state index is 0.0818. The molecule has 3 aromatic rings. The number of carbonyl (C=O) groups is 2. The van der Waals surface area contributed by atoms with E-state index in [4.69, 9.17) is 0 Å². The van der Waals surface area contributed by atoms with Crippen molar-refractivity contribution in [1.82, 2.24) is 9.80 Å². The maximum absolute atomic E-state index is 15.1. The summed E-state index contributed by atoms with van der Waals surface area (Å²) >= 11 is 0. The first-order valence-electron chi connectivity index (χ1n) is 13.0. The highest BCUT2D eigenvalue weighted by molar-refractivity contribution is 6.15. The number of rotatable bonds is 2. The molecule has 1 amide bonds. The molecule has 3 aliphatic heterocycles. The van der Waals surface area contributed by atoms with E-state index in [1.165, 1.54) is 0 Å². The van der Waals surface area contributed by atoms with E-state index in [-0.39, 0.29) is 17.6 Å². The van der Waals surface area contributed by atoms with E-state index in [1.54, 1.807) is 0 Å². The Morgan fingerprint density at radius 3 is 2.32 bits per heavy atom. The number of aryl methyl sites for hydroxylation is 2. The first-order valence-corrected chi connectivity index (χ1v) is 13.0. The summed E-state index contributed by atoms with van der Waals surface area (Å²) < 4.78 is 0. The molecule has 3 atom stereocenters. The second kappa shape index (κ2) is 8.51. The first-order chi connectivity index (χ1) is 17.8. The molecule has 0 saturated carbocycles. The average molecular weight is 492 g/mol. The van der Waals surface area contributed by atoms with Crippen molar-refractivity contribution in [3.8, 4) is 0 Å². The van der Waals surface area contributed by atoms with E-state index < -0.39 is 11.0 Å². The monoisotopic (exact) mass is 491 g/mol. The number of likely N-dealkylation sites (N-methyl/N-ethyl adjacent to an activating group) is 2. The molecule has 2 saturated heterocycles. The van der Waals surface area contributed by atoms with E-state index in [0.29, 0.717) is 19.6 Å². The van der Waals surface area contributed by atoms with Crippen molar-refractivity contribution in [2.75, 3.05) is 39.0 Å². The average Bonchev–Trinajstić information content (AvgIpc) is 3.32. The van der Waals surface area contributed by atoms with Gasteiger partial charge in [-0.2, -0.15) is 0 Å². The Labute approximate surface area is 218 Å². The maximum Gasteiger partial charge on any atom is 0.250 e. The van der Waals surface area contributed by atoms with Gasteiger partial charge in [0.2, 0.25) is 0 Å². The summed E-state index contributed by atoms with van der Waals surface area (Å²) in [5.74, 6) is -0.171. The summed E-state index contributed by atoms with van der Waals surface area (Å²) in [6.45, 7) is 5.85. The van der Waals surface area contributed by atoms with Crippen molar-refractivity contribution in [2.24, 2.45) is 5.41 Å². The lowest BCUT2D eigenvalue weighted by Crippen LogP contribution is -2.65. The molecule has 37 heavy (non-hydrogen) atoms. The maximum atomic E-state index is 15.1. The number of ketones is 1. The van der Waals surface area contributed by atoms with Gasteiger partial charge in [0.05, 0.1) is 5.41 Å². The quantitative estimate of drug-likeness (QED) is 0.525. The van der Waals surface area contributed by atoms with Crippen LogP contribution < -0.4 is 5.32 Å². The highest BCUT2D eigenvalue weighted by Crippen LogP contribution is 2.64. The number of amides is 1. The summed E-state index contributed by atoms with van der Waals surface area (Å²) in [6.07, 6.45) is 2.05. The molecule has 3 aliphatic rings.